The smallest absolute Gasteiger partial charge is 0.417 e. The summed E-state index contributed by atoms with van der Waals surface area (Å²) in [6.07, 6.45) is 8.40. The highest BCUT2D eigenvalue weighted by Crippen LogP contribution is 2.50. The molecular weight excluding hydrogens is 1020 g/mol. The first kappa shape index (κ1) is 47.0. The number of carbonyl (C=O) groups is 2. The lowest BCUT2D eigenvalue weighted by Gasteiger charge is -2.39. The van der Waals surface area contributed by atoms with E-state index in [9.17, 15) is 28.0 Å². The Morgan fingerprint density at radius 3 is 2.22 bits per heavy atom. The van der Waals surface area contributed by atoms with Crippen LogP contribution < -0.4 is 36.2 Å². The van der Waals surface area contributed by atoms with Gasteiger partial charge < -0.3 is 25.2 Å². The number of halogens is 4. The van der Waals surface area contributed by atoms with Gasteiger partial charge in [0.25, 0.3) is 17.4 Å². The van der Waals surface area contributed by atoms with Crippen molar-refractivity contribution in [2.24, 2.45) is 0 Å². The van der Waals surface area contributed by atoms with E-state index in [1.54, 1.807) is 6.20 Å². The SMILES string of the molecule is O=C1COC(=O)N1Cc1cc2nccc(-c3cc(Cl)cc4c3N([C@H]3CCNC3)CCC4[n+]3ccc(-c4cc(Cl)cc5c4N([C@H]4CCNC4)CCC5)c4sc(Cn5c(=O)ccn(C6CC(F)(F)C6)c5=O)cc43)c2s1. The van der Waals surface area contributed by atoms with Crippen molar-refractivity contribution in [2.75, 3.05) is 55.7 Å². The molecule has 0 spiro atoms. The number of imide groups is 1. The molecule has 14 nitrogen and oxygen atoms in total. The van der Waals surface area contributed by atoms with Gasteiger partial charge in [0.05, 0.1) is 29.0 Å². The molecule has 2 amide bonds. The maximum atomic E-state index is 14.1. The number of fused-ring (bicyclic) bond motifs is 4. The maximum Gasteiger partial charge on any atom is 0.417 e. The highest BCUT2D eigenvalue weighted by Gasteiger charge is 2.47. The Kier molecular flexibility index (Phi) is 11.8. The monoisotopic (exact) mass is 1060 g/mol. The Morgan fingerprint density at radius 1 is 0.781 bits per heavy atom. The molecule has 73 heavy (non-hydrogen) atoms. The van der Waals surface area contributed by atoms with Gasteiger partial charge in [-0.2, -0.15) is 4.57 Å². The molecule has 7 aromatic rings. The highest BCUT2D eigenvalue weighted by molar-refractivity contribution is 7.20. The first-order valence-electron chi connectivity index (χ1n) is 25.0. The number of aryl methyl sites for hydroxylation is 1. The molecule has 376 valence electrons. The second kappa shape index (κ2) is 18.3. The summed E-state index contributed by atoms with van der Waals surface area (Å²) < 4.78 is 39.8. The van der Waals surface area contributed by atoms with Crippen LogP contribution in [0.2, 0.25) is 10.0 Å². The highest BCUT2D eigenvalue weighted by atomic mass is 35.5. The number of aromatic nitrogens is 4. The van der Waals surface area contributed by atoms with E-state index in [1.807, 2.05) is 18.2 Å². The van der Waals surface area contributed by atoms with Crippen LogP contribution in [0.5, 0.6) is 0 Å². The van der Waals surface area contributed by atoms with Gasteiger partial charge in [0, 0.05) is 147 Å². The van der Waals surface area contributed by atoms with Gasteiger partial charge in [0.2, 0.25) is 5.52 Å². The third-order valence-corrected chi connectivity index (χ3v) is 18.4. The molecule has 2 aromatic carbocycles. The van der Waals surface area contributed by atoms with Crippen molar-refractivity contribution in [2.45, 2.75) is 88.1 Å². The lowest BCUT2D eigenvalue weighted by Crippen LogP contribution is -2.49. The third kappa shape index (κ3) is 8.23. The van der Waals surface area contributed by atoms with Crippen molar-refractivity contribution in [3.8, 4) is 22.3 Å². The Morgan fingerprint density at radius 2 is 1.49 bits per heavy atom. The molecule has 3 saturated heterocycles. The number of rotatable bonds is 10. The Balaban J connectivity index is 0.983. The van der Waals surface area contributed by atoms with Crippen molar-refractivity contribution >= 4 is 89.7 Å². The number of benzene rings is 2. The van der Waals surface area contributed by atoms with Gasteiger partial charge in [-0.25, -0.2) is 23.3 Å². The number of amides is 2. The third-order valence-electron chi connectivity index (χ3n) is 15.7. The number of cyclic esters (lactones) is 1. The Hall–Kier alpha value is -5.76. The van der Waals surface area contributed by atoms with Crippen molar-refractivity contribution < 1.29 is 27.7 Å². The number of alkyl halides is 2. The van der Waals surface area contributed by atoms with Crippen LogP contribution in [0.25, 0.3) is 42.7 Å². The first-order valence-corrected chi connectivity index (χ1v) is 27.4. The summed E-state index contributed by atoms with van der Waals surface area (Å²) in [5.41, 5.74) is 8.96. The number of hydrogen-bond acceptors (Lipinski definition) is 12. The summed E-state index contributed by atoms with van der Waals surface area (Å²) in [5.74, 6) is -3.22. The Bertz CT molecular complexity index is 3530. The Labute approximate surface area is 435 Å². The van der Waals surface area contributed by atoms with Crippen molar-refractivity contribution in [1.82, 2.24) is 29.7 Å². The molecule has 6 aliphatic rings. The standard InChI is InChI=1S/C53H50Cl2F2N9O5S2/c54-30-16-29-2-1-12-61(32-3-9-58-24-32)47(29)39(17-30)38-6-13-64(44-21-36(73-50(38)44)26-65-45(67)8-15-63(51(65)69)34-22-53(56,57)23-34)43-7-14-62(33-4-10-59-25-33)48-40(18-31(55)19-41(43)48)37-5-11-60-42-20-35(72-49(37)42)27-66-46(68)28-71-52(66)70/h5-6,8,11,13,15-21,32-34,43,58-59H,1-4,7,9-10,12,14,22-28H2/q+1/t32-,33-,43?/m0/s1. The van der Waals surface area contributed by atoms with Gasteiger partial charge in [-0.05, 0) is 80.7 Å². The van der Waals surface area contributed by atoms with E-state index >= 15 is 0 Å². The van der Waals surface area contributed by atoms with E-state index in [-0.39, 0.29) is 37.7 Å². The second-order valence-electron chi connectivity index (χ2n) is 20.2. The molecule has 1 unspecified atom stereocenters. The molecule has 0 radical (unpaired) electrons. The summed E-state index contributed by atoms with van der Waals surface area (Å²) in [7, 11) is 0. The molecule has 1 aliphatic carbocycles. The van der Waals surface area contributed by atoms with E-state index in [4.69, 9.17) is 32.9 Å². The van der Waals surface area contributed by atoms with Crippen LogP contribution in [0.15, 0.2) is 82.8 Å². The van der Waals surface area contributed by atoms with Gasteiger partial charge in [-0.1, -0.05) is 23.2 Å². The molecule has 3 atom stereocenters. The molecular formula is C53H50Cl2F2N9O5S2+. The molecule has 0 bridgehead atoms. The van der Waals surface area contributed by atoms with Gasteiger partial charge >= 0.3 is 11.8 Å². The molecule has 1 saturated carbocycles. The van der Waals surface area contributed by atoms with Gasteiger partial charge in [-0.3, -0.25) is 23.7 Å². The minimum absolute atomic E-state index is 0.0401. The summed E-state index contributed by atoms with van der Waals surface area (Å²) >= 11 is 17.3. The van der Waals surface area contributed by atoms with E-state index in [2.05, 4.69) is 61.5 Å². The largest absolute Gasteiger partial charge is 0.439 e. The molecule has 10 heterocycles. The first-order chi connectivity index (χ1) is 35.4. The zero-order valence-electron chi connectivity index (χ0n) is 39.6. The molecule has 5 aromatic heterocycles. The van der Waals surface area contributed by atoms with Crippen LogP contribution >= 0.6 is 45.9 Å². The average Bonchev–Trinajstić information content (AvgIpc) is 4.24. The minimum Gasteiger partial charge on any atom is -0.439 e. The molecule has 2 N–H and O–H groups in total. The van der Waals surface area contributed by atoms with Crippen molar-refractivity contribution in [1.29, 1.82) is 0 Å². The van der Waals surface area contributed by atoms with Crippen LogP contribution in [0.1, 0.15) is 71.5 Å². The number of pyridine rings is 2. The van der Waals surface area contributed by atoms with Crippen LogP contribution in [0.3, 0.4) is 0 Å². The van der Waals surface area contributed by atoms with Crippen LogP contribution in [0.4, 0.5) is 25.0 Å². The quantitative estimate of drug-likeness (QED) is 0.128. The number of thiophene rings is 2. The zero-order chi connectivity index (χ0) is 49.9. The van der Waals surface area contributed by atoms with E-state index in [1.165, 1.54) is 50.8 Å². The zero-order valence-corrected chi connectivity index (χ0v) is 42.7. The van der Waals surface area contributed by atoms with Gasteiger partial charge in [0.15, 0.2) is 18.8 Å². The van der Waals surface area contributed by atoms with Crippen LogP contribution in [0, 0.1) is 0 Å². The van der Waals surface area contributed by atoms with Gasteiger partial charge in [-0.15, -0.1) is 22.7 Å². The van der Waals surface area contributed by atoms with E-state index in [0.717, 1.165) is 145 Å². The van der Waals surface area contributed by atoms with Crippen LogP contribution in [-0.2, 0) is 29.0 Å². The lowest BCUT2D eigenvalue weighted by molar-refractivity contribution is -0.689. The summed E-state index contributed by atoms with van der Waals surface area (Å²) in [5, 5.41) is 8.37. The number of hydrogen-bond donors (Lipinski definition) is 2. The summed E-state index contributed by atoms with van der Waals surface area (Å²) in [4.78, 5) is 65.2. The van der Waals surface area contributed by atoms with Crippen LogP contribution in [-0.4, -0.2) is 94.9 Å². The maximum absolute atomic E-state index is 14.1. The van der Waals surface area contributed by atoms with E-state index in [0.29, 0.717) is 16.1 Å². The molecule has 13 rings (SSSR count). The van der Waals surface area contributed by atoms with E-state index < -0.39 is 42.1 Å². The lowest BCUT2D eigenvalue weighted by atomic mass is 9.88. The normalized spacial score (nSPS) is 21.9. The average molecular weight is 1070 g/mol. The minimum atomic E-state index is -2.84. The molecule has 20 heteroatoms. The van der Waals surface area contributed by atoms with Gasteiger partial charge in [0.1, 0.15) is 4.70 Å². The number of carbonyl (C=O) groups excluding carboxylic acids is 2. The van der Waals surface area contributed by atoms with Crippen molar-refractivity contribution in [3.05, 3.63) is 125 Å². The van der Waals surface area contributed by atoms with Crippen molar-refractivity contribution in [3.63, 3.8) is 0 Å². The molecule has 5 aliphatic heterocycles. The fourth-order valence-electron chi connectivity index (χ4n) is 12.3. The second-order valence-corrected chi connectivity index (χ2v) is 23.3. The predicted octanol–water partition coefficient (Wildman–Crippen LogP) is 8.54. The topological polar surface area (TPSA) is 138 Å². The number of anilines is 2. The predicted molar refractivity (Wildman–Crippen MR) is 280 cm³/mol. The number of ether oxygens (including phenoxy) is 1. The number of nitrogens with zero attached hydrogens (tertiary/aromatic N) is 7. The number of nitrogens with one attached hydrogen (secondary N) is 2. The fraction of sp³-hybridized carbons (Fsp3) is 0.396. The molecule has 4 fully saturated rings. The summed E-state index contributed by atoms with van der Waals surface area (Å²) in [6.45, 7) is 5.00. The fourth-order valence-corrected chi connectivity index (χ4v) is 15.1. The summed E-state index contributed by atoms with van der Waals surface area (Å²) in [6, 6.07) is 17.4.